The van der Waals surface area contributed by atoms with Gasteiger partial charge in [-0.25, -0.2) is 0 Å². The molecule has 0 aromatic heterocycles. The van der Waals surface area contributed by atoms with Gasteiger partial charge in [0.15, 0.2) is 0 Å². The predicted molar refractivity (Wildman–Crippen MR) is 79.1 cm³/mol. The van der Waals surface area contributed by atoms with Gasteiger partial charge in [0.05, 0.1) is 7.11 Å². The van der Waals surface area contributed by atoms with Crippen LogP contribution in [0.15, 0.2) is 35.4 Å². The van der Waals surface area contributed by atoms with E-state index in [0.717, 1.165) is 6.54 Å². The van der Waals surface area contributed by atoms with Gasteiger partial charge in [-0.1, -0.05) is 35.4 Å². The van der Waals surface area contributed by atoms with Crippen molar-refractivity contribution >= 4 is 5.97 Å². The van der Waals surface area contributed by atoms with Gasteiger partial charge in [0.25, 0.3) is 0 Å². The lowest BCUT2D eigenvalue weighted by Gasteiger charge is -2.36. The average Bonchev–Trinajstić information content (AvgIpc) is 2.50. The monoisotopic (exact) mass is 278 g/mol. The van der Waals surface area contributed by atoms with Crippen LogP contribution in [0.1, 0.15) is 21.3 Å². The first-order chi connectivity index (χ1) is 9.70. The first-order valence-corrected chi connectivity index (χ1v) is 6.61. The van der Waals surface area contributed by atoms with Crippen LogP contribution in [0.5, 0.6) is 0 Å². The van der Waals surface area contributed by atoms with Gasteiger partial charge >= 0.3 is 5.97 Å². The number of hydrogen-bond acceptors (Lipinski definition) is 4. The van der Waals surface area contributed by atoms with E-state index < -0.39 is 11.5 Å². The zero-order valence-corrected chi connectivity index (χ0v) is 11.5. The summed E-state index contributed by atoms with van der Waals surface area (Å²) >= 11 is 0. The summed E-state index contributed by atoms with van der Waals surface area (Å²) in [5.74, 6) is -0.435. The number of benzene rings is 1. The summed E-state index contributed by atoms with van der Waals surface area (Å²) < 4.78 is 4.78. The van der Waals surface area contributed by atoms with Crippen LogP contribution in [0.4, 0.5) is 0 Å². The van der Waals surface area contributed by atoms with E-state index in [0.29, 0.717) is 25.9 Å². The molecule has 6 heteroatoms. The average molecular weight is 278 g/mol. The summed E-state index contributed by atoms with van der Waals surface area (Å²) in [6.07, 6.45) is 0.993. The van der Waals surface area contributed by atoms with Crippen LogP contribution in [0.2, 0.25) is 0 Å². The van der Waals surface area contributed by atoms with Crippen LogP contribution in [-0.4, -0.2) is 36.6 Å². The number of esters is 1. The van der Waals surface area contributed by atoms with Crippen molar-refractivity contribution in [3.05, 3.63) is 46.3 Å². The van der Waals surface area contributed by atoms with Crippen molar-refractivity contribution < 1.29 is 12.4 Å². The fourth-order valence-corrected chi connectivity index (χ4v) is 2.54. The number of likely N-dealkylation sites (tertiary alicyclic amines) is 1. The summed E-state index contributed by atoms with van der Waals surface area (Å²) in [6, 6.07) is 10.2. The largest absolute Gasteiger partial charge is 0.468 e. The molecule has 0 atom stereocenters. The lowest BCUT2D eigenvalue weighted by molar-refractivity contribution is -0.149. The van der Waals surface area contributed by atoms with Crippen molar-refractivity contribution in [2.75, 3.05) is 20.2 Å². The van der Waals surface area contributed by atoms with Crippen LogP contribution in [-0.2, 0) is 16.1 Å². The lowest BCUT2D eigenvalue weighted by atomic mass is 9.88. The number of methoxy groups -OCH3 is 1. The topological polar surface area (TPSA) is 78.3 Å². The Balaban J connectivity index is 0.00000220. The Bertz CT molecular complexity index is 513. The van der Waals surface area contributed by atoms with Crippen LogP contribution in [0, 0.1) is 0 Å². The SMILES string of the molecule is COC(=O)C1(N=[N+]=[N-])CCN(Cc2ccccc2)CC1.[HH].[HH]. The maximum absolute atomic E-state index is 11.8. The van der Waals surface area contributed by atoms with E-state index in [-0.39, 0.29) is 2.85 Å². The Labute approximate surface area is 120 Å². The molecular weight excluding hydrogens is 256 g/mol. The number of carbonyl (C=O) groups excluding carboxylic acids is 1. The maximum Gasteiger partial charge on any atom is 0.317 e. The van der Waals surface area contributed by atoms with E-state index in [1.807, 2.05) is 18.2 Å². The Morgan fingerprint density at radius 1 is 1.45 bits per heavy atom. The normalized spacial score (nSPS) is 18.1. The summed E-state index contributed by atoms with van der Waals surface area (Å²) in [7, 11) is 1.33. The number of ether oxygens (including phenoxy) is 1. The van der Waals surface area contributed by atoms with Gasteiger partial charge in [-0.15, -0.1) is 0 Å². The number of rotatable bonds is 4. The lowest BCUT2D eigenvalue weighted by Crippen LogP contribution is -2.48. The van der Waals surface area contributed by atoms with Crippen LogP contribution >= 0.6 is 0 Å². The number of carbonyl (C=O) groups is 1. The molecule has 0 radical (unpaired) electrons. The summed E-state index contributed by atoms with van der Waals surface area (Å²) in [6.45, 7) is 2.26. The molecule has 0 spiro atoms. The molecule has 1 heterocycles. The minimum absolute atomic E-state index is 0. The minimum Gasteiger partial charge on any atom is -0.468 e. The third-order valence-corrected chi connectivity index (χ3v) is 3.73. The molecule has 20 heavy (non-hydrogen) atoms. The van der Waals surface area contributed by atoms with E-state index in [9.17, 15) is 4.79 Å². The van der Waals surface area contributed by atoms with Crippen molar-refractivity contribution in [1.82, 2.24) is 4.90 Å². The summed E-state index contributed by atoms with van der Waals surface area (Å²) in [5.41, 5.74) is 8.87. The van der Waals surface area contributed by atoms with E-state index in [1.54, 1.807) is 0 Å². The van der Waals surface area contributed by atoms with E-state index in [4.69, 9.17) is 10.3 Å². The van der Waals surface area contributed by atoms with E-state index >= 15 is 0 Å². The van der Waals surface area contributed by atoms with Crippen molar-refractivity contribution in [3.8, 4) is 0 Å². The second kappa shape index (κ2) is 6.41. The maximum atomic E-state index is 11.8. The minimum atomic E-state index is -1.03. The van der Waals surface area contributed by atoms with Crippen LogP contribution in [0.3, 0.4) is 0 Å². The fraction of sp³-hybridized carbons (Fsp3) is 0.500. The van der Waals surface area contributed by atoms with Crippen LogP contribution in [0.25, 0.3) is 10.4 Å². The smallest absolute Gasteiger partial charge is 0.317 e. The van der Waals surface area contributed by atoms with Gasteiger partial charge in [-0.2, -0.15) is 0 Å². The highest BCUT2D eigenvalue weighted by Gasteiger charge is 2.41. The molecule has 2 rings (SSSR count). The second-order valence-corrected chi connectivity index (χ2v) is 4.97. The molecular formula is C14H22N4O2. The molecule has 0 saturated carbocycles. The molecule has 1 aromatic carbocycles. The first kappa shape index (κ1) is 14.4. The molecule has 1 fully saturated rings. The molecule has 1 aromatic rings. The molecule has 0 unspecified atom stereocenters. The zero-order valence-electron chi connectivity index (χ0n) is 11.5. The van der Waals surface area contributed by atoms with Crippen LogP contribution < -0.4 is 0 Å². The Morgan fingerprint density at radius 2 is 2.10 bits per heavy atom. The Hall–Kier alpha value is -2.04. The number of azide groups is 1. The molecule has 110 valence electrons. The molecule has 0 aliphatic carbocycles. The first-order valence-electron chi connectivity index (χ1n) is 6.61. The van der Waals surface area contributed by atoms with E-state index in [2.05, 4.69) is 27.1 Å². The molecule has 1 aliphatic heterocycles. The van der Waals surface area contributed by atoms with Crippen molar-refractivity contribution in [3.63, 3.8) is 0 Å². The number of piperidine rings is 1. The molecule has 1 aliphatic rings. The molecule has 0 amide bonds. The number of nitrogens with zero attached hydrogens (tertiary/aromatic N) is 4. The highest BCUT2D eigenvalue weighted by molar-refractivity contribution is 5.81. The van der Waals surface area contributed by atoms with Gasteiger partial charge < -0.3 is 4.74 Å². The third-order valence-electron chi connectivity index (χ3n) is 3.73. The van der Waals surface area contributed by atoms with Gasteiger partial charge in [0.2, 0.25) is 0 Å². The fourth-order valence-electron chi connectivity index (χ4n) is 2.54. The van der Waals surface area contributed by atoms with Gasteiger partial charge in [-0.3, -0.25) is 9.69 Å². The zero-order chi connectivity index (χ0) is 14.4. The summed E-state index contributed by atoms with van der Waals surface area (Å²) in [4.78, 5) is 16.9. The van der Waals surface area contributed by atoms with E-state index in [1.165, 1.54) is 12.7 Å². The summed E-state index contributed by atoms with van der Waals surface area (Å²) in [5, 5.41) is 3.71. The van der Waals surface area contributed by atoms with Gasteiger partial charge in [0.1, 0.15) is 5.54 Å². The highest BCUT2D eigenvalue weighted by Crippen LogP contribution is 2.29. The Kier molecular flexibility index (Phi) is 4.61. The van der Waals surface area contributed by atoms with Gasteiger partial charge in [-0.05, 0) is 37.0 Å². The highest BCUT2D eigenvalue weighted by atomic mass is 16.5. The second-order valence-electron chi connectivity index (χ2n) is 4.97. The molecule has 6 nitrogen and oxygen atoms in total. The molecule has 1 saturated heterocycles. The molecule has 0 N–H and O–H groups in total. The van der Waals surface area contributed by atoms with Gasteiger partial charge in [0, 0.05) is 14.3 Å². The quantitative estimate of drug-likeness (QED) is 0.367. The van der Waals surface area contributed by atoms with Crippen molar-refractivity contribution in [2.24, 2.45) is 5.11 Å². The third kappa shape index (κ3) is 3.10. The Morgan fingerprint density at radius 3 is 2.65 bits per heavy atom. The number of hydrogen-bond donors (Lipinski definition) is 0. The van der Waals surface area contributed by atoms with Crippen molar-refractivity contribution in [1.29, 1.82) is 0 Å². The molecule has 0 bridgehead atoms. The predicted octanol–water partition coefficient (Wildman–Crippen LogP) is 3.00. The van der Waals surface area contributed by atoms with Crippen molar-refractivity contribution in [2.45, 2.75) is 24.9 Å². The standard InChI is InChI=1S/C14H18N4O2.2H2/c1-20-13(19)14(16-17-15)7-9-18(10-8-14)11-12-5-3-2-4-6-12;;/h2-6H,7-11H2,1H3;2*1H.